The summed E-state index contributed by atoms with van der Waals surface area (Å²) in [6.07, 6.45) is 1.23. The van der Waals surface area contributed by atoms with E-state index in [2.05, 4.69) is 6.58 Å². The molecule has 1 atom stereocenters. The molecule has 1 nitrogen and oxygen atoms in total. The Morgan fingerprint density at radius 3 is 3.00 bits per heavy atom. The summed E-state index contributed by atoms with van der Waals surface area (Å²) >= 11 is 0. The van der Waals surface area contributed by atoms with E-state index in [0.29, 0.717) is 24.5 Å². The molecule has 1 rings (SSSR count). The van der Waals surface area contributed by atoms with Crippen LogP contribution in [0.25, 0.3) is 0 Å². The van der Waals surface area contributed by atoms with Crippen molar-refractivity contribution in [1.29, 1.82) is 0 Å². The third-order valence-electron chi connectivity index (χ3n) is 2.16. The van der Waals surface area contributed by atoms with Crippen LogP contribution in [0.15, 0.2) is 23.8 Å². The second kappa shape index (κ2) is 3.04. The van der Waals surface area contributed by atoms with E-state index in [-0.39, 0.29) is 11.7 Å². The van der Waals surface area contributed by atoms with E-state index in [1.54, 1.807) is 6.92 Å². The van der Waals surface area contributed by atoms with E-state index in [9.17, 15) is 4.79 Å². The summed E-state index contributed by atoms with van der Waals surface area (Å²) in [5, 5.41) is 0. The first-order valence-electron chi connectivity index (χ1n) is 4.37. The molecule has 0 heterocycles. The van der Waals surface area contributed by atoms with Crippen LogP contribution in [0.2, 0.25) is 0 Å². The number of hydrogen-bond acceptors (Lipinski definition) is 1. The van der Waals surface area contributed by atoms with Crippen LogP contribution in [0.3, 0.4) is 0 Å². The smallest absolute Gasteiger partial charge is 0.158 e. The van der Waals surface area contributed by atoms with Gasteiger partial charge in [0.1, 0.15) is 0 Å². The number of carbonyl (C=O) groups is 1. The second-order valence-corrected chi connectivity index (χ2v) is 3.18. The van der Waals surface area contributed by atoms with Gasteiger partial charge in [0.05, 0.1) is 1.37 Å². The third-order valence-corrected chi connectivity index (χ3v) is 2.16. The average Bonchev–Trinajstić information content (AvgIpc) is 1.99. The molecule has 0 saturated heterocycles. The van der Waals surface area contributed by atoms with E-state index in [1.807, 2.05) is 6.92 Å². The fourth-order valence-electron chi connectivity index (χ4n) is 1.17. The van der Waals surface area contributed by atoms with Crippen molar-refractivity contribution in [2.75, 3.05) is 0 Å². The van der Waals surface area contributed by atoms with Crippen molar-refractivity contribution in [2.45, 2.75) is 26.7 Å². The van der Waals surface area contributed by atoms with E-state index in [1.165, 1.54) is 0 Å². The van der Waals surface area contributed by atoms with Gasteiger partial charge in [-0.2, -0.15) is 0 Å². The second-order valence-electron chi connectivity index (χ2n) is 3.18. The van der Waals surface area contributed by atoms with E-state index >= 15 is 0 Å². The van der Waals surface area contributed by atoms with Crippen molar-refractivity contribution in [3.8, 4) is 0 Å². The van der Waals surface area contributed by atoms with Gasteiger partial charge < -0.3 is 0 Å². The highest BCUT2D eigenvalue weighted by Crippen LogP contribution is 2.25. The van der Waals surface area contributed by atoms with Crippen molar-refractivity contribution in [2.24, 2.45) is 5.92 Å². The molecule has 0 aromatic carbocycles. The Hall–Kier alpha value is -0.850. The minimum atomic E-state index is 0.110. The molecule has 11 heavy (non-hydrogen) atoms. The first-order valence-corrected chi connectivity index (χ1v) is 3.87. The fourth-order valence-corrected chi connectivity index (χ4v) is 1.17. The lowest BCUT2D eigenvalue weighted by Crippen LogP contribution is -2.14. The Morgan fingerprint density at radius 1 is 1.91 bits per heavy atom. The van der Waals surface area contributed by atoms with Gasteiger partial charge in [-0.25, -0.2) is 0 Å². The normalized spacial score (nSPS) is 26.9. The molecule has 0 aromatic heterocycles. The van der Waals surface area contributed by atoms with Crippen LogP contribution < -0.4 is 0 Å². The molecule has 1 heteroatoms. The van der Waals surface area contributed by atoms with Crippen molar-refractivity contribution in [1.82, 2.24) is 0 Å². The van der Waals surface area contributed by atoms with Crippen LogP contribution in [-0.2, 0) is 4.79 Å². The van der Waals surface area contributed by atoms with Crippen LogP contribution in [-0.4, -0.2) is 5.78 Å². The predicted octanol–water partition coefficient (Wildman–Crippen LogP) is 2.49. The molecule has 0 unspecified atom stereocenters. The van der Waals surface area contributed by atoms with Crippen LogP contribution in [0.5, 0.6) is 0 Å². The largest absolute Gasteiger partial charge is 0.295 e. The summed E-state index contributed by atoms with van der Waals surface area (Å²) in [4.78, 5) is 11.3. The Bertz CT molecular complexity index is 263. The first-order chi connectivity index (χ1) is 5.52. The van der Waals surface area contributed by atoms with Gasteiger partial charge in [0.15, 0.2) is 5.78 Å². The molecule has 0 aliphatic heterocycles. The monoisotopic (exact) mass is 151 g/mol. The predicted molar refractivity (Wildman–Crippen MR) is 46.3 cm³/mol. The molecule has 0 saturated carbocycles. The summed E-state index contributed by atoms with van der Waals surface area (Å²) in [5.74, 6) is 0.313. The Labute approximate surface area is 69.2 Å². The SMILES string of the molecule is [2H]C1=C(C)C(=O)C[C@H](C(=C)C)C1. The standard InChI is InChI=1S/C10H14O/c1-7(2)9-5-4-8(3)10(11)6-9/h4,9H,1,5-6H2,2-3H3/t9-/m1/s1/i4D. The Kier molecular flexibility index (Phi) is 1.89. The van der Waals surface area contributed by atoms with Gasteiger partial charge in [-0.3, -0.25) is 4.79 Å². The van der Waals surface area contributed by atoms with Gasteiger partial charge in [-0.1, -0.05) is 18.2 Å². The molecule has 0 N–H and O–H groups in total. The zero-order valence-electron chi connectivity index (χ0n) is 8.11. The van der Waals surface area contributed by atoms with E-state index in [0.717, 1.165) is 5.57 Å². The maximum absolute atomic E-state index is 11.3. The average molecular weight is 151 g/mol. The molecule has 0 fully saturated rings. The molecular weight excluding hydrogens is 136 g/mol. The summed E-state index contributed by atoms with van der Waals surface area (Å²) in [6.45, 7) is 7.47. The first kappa shape index (κ1) is 6.84. The molecule has 0 spiro atoms. The van der Waals surface area contributed by atoms with E-state index < -0.39 is 0 Å². The zero-order chi connectivity index (χ0) is 9.30. The summed E-state index contributed by atoms with van der Waals surface area (Å²) in [6, 6.07) is 0.485. The fraction of sp³-hybridized carbons (Fsp3) is 0.500. The number of ketones is 1. The van der Waals surface area contributed by atoms with Gasteiger partial charge >= 0.3 is 0 Å². The van der Waals surface area contributed by atoms with E-state index in [4.69, 9.17) is 1.37 Å². The minimum Gasteiger partial charge on any atom is -0.295 e. The highest BCUT2D eigenvalue weighted by Gasteiger charge is 2.18. The molecule has 0 radical (unpaired) electrons. The molecule has 0 bridgehead atoms. The topological polar surface area (TPSA) is 17.1 Å². The van der Waals surface area contributed by atoms with Crippen LogP contribution >= 0.6 is 0 Å². The number of hydrogen-bond donors (Lipinski definition) is 0. The maximum Gasteiger partial charge on any atom is 0.158 e. The highest BCUT2D eigenvalue weighted by molar-refractivity contribution is 5.95. The molecule has 0 aromatic rings. The lowest BCUT2D eigenvalue weighted by atomic mass is 9.85. The van der Waals surface area contributed by atoms with Crippen LogP contribution in [0.1, 0.15) is 28.1 Å². The zero-order valence-corrected chi connectivity index (χ0v) is 7.11. The Balaban J connectivity index is 2.85. The van der Waals surface area contributed by atoms with Gasteiger partial charge in [0.2, 0.25) is 0 Å². The minimum absolute atomic E-state index is 0.110. The van der Waals surface area contributed by atoms with Crippen LogP contribution in [0, 0.1) is 5.92 Å². The lowest BCUT2D eigenvalue weighted by molar-refractivity contribution is -0.116. The van der Waals surface area contributed by atoms with Crippen LogP contribution in [0.4, 0.5) is 0 Å². The number of carbonyl (C=O) groups excluding carboxylic acids is 1. The third kappa shape index (κ3) is 1.79. The highest BCUT2D eigenvalue weighted by atomic mass is 16.1. The molecule has 1 aliphatic rings. The molecule has 1 aliphatic carbocycles. The van der Waals surface area contributed by atoms with Gasteiger partial charge in [0, 0.05) is 6.42 Å². The lowest BCUT2D eigenvalue weighted by Gasteiger charge is -2.18. The van der Waals surface area contributed by atoms with Crippen molar-refractivity contribution in [3.63, 3.8) is 0 Å². The summed E-state index contributed by atoms with van der Waals surface area (Å²) in [5.41, 5.74) is 1.65. The van der Waals surface area contributed by atoms with Gasteiger partial charge in [0.25, 0.3) is 0 Å². The number of Topliss-reactive ketones (excluding diaryl/α,β-unsaturated/α-hetero) is 1. The van der Waals surface area contributed by atoms with Crippen molar-refractivity contribution < 1.29 is 6.17 Å². The quantitative estimate of drug-likeness (QED) is 0.526. The maximum atomic E-state index is 11.3. The van der Waals surface area contributed by atoms with Gasteiger partial charge in [-0.15, -0.1) is 0 Å². The van der Waals surface area contributed by atoms with Crippen molar-refractivity contribution in [3.05, 3.63) is 23.8 Å². The molecule has 0 amide bonds. The number of allylic oxidation sites excluding steroid dienone is 3. The number of rotatable bonds is 1. The Morgan fingerprint density at radius 2 is 2.55 bits per heavy atom. The summed E-state index contributed by atoms with van der Waals surface area (Å²) < 4.78 is 7.55. The van der Waals surface area contributed by atoms with Gasteiger partial charge in [-0.05, 0) is 31.8 Å². The summed E-state index contributed by atoms with van der Waals surface area (Å²) in [7, 11) is 0. The molecule has 60 valence electrons. The van der Waals surface area contributed by atoms with Crippen molar-refractivity contribution >= 4 is 5.78 Å². The molecular formula is C10H14O.